The minimum Gasteiger partial charge on any atom is -0.326 e. The molecule has 0 fully saturated rings. The van der Waals surface area contributed by atoms with E-state index in [1.807, 2.05) is 32.0 Å². The van der Waals surface area contributed by atoms with Crippen LogP contribution in [0, 0.1) is 13.8 Å². The lowest BCUT2D eigenvalue weighted by molar-refractivity contribution is -0.171. The molecule has 0 atom stereocenters. The van der Waals surface area contributed by atoms with Crippen LogP contribution in [-0.4, -0.2) is 17.9 Å². The van der Waals surface area contributed by atoms with Gasteiger partial charge in [0.25, 0.3) is 0 Å². The predicted molar refractivity (Wildman–Crippen MR) is 83.3 cm³/mol. The van der Waals surface area contributed by atoms with Crippen LogP contribution in [-0.2, 0) is 9.59 Å². The van der Waals surface area contributed by atoms with Crippen LogP contribution in [0.15, 0.2) is 18.2 Å². The Balaban J connectivity index is 2.17. The number of nitrogens with one attached hydrogen (secondary N) is 1. The van der Waals surface area contributed by atoms with Gasteiger partial charge >= 0.3 is 6.18 Å². The van der Waals surface area contributed by atoms with Crippen molar-refractivity contribution in [3.8, 4) is 0 Å². The first-order valence-electron chi connectivity index (χ1n) is 7.67. The van der Waals surface area contributed by atoms with Gasteiger partial charge in [-0.2, -0.15) is 13.2 Å². The third-order valence-electron chi connectivity index (χ3n) is 3.66. The summed E-state index contributed by atoms with van der Waals surface area (Å²) in [4.78, 5) is 22.4. The smallest absolute Gasteiger partial charge is 0.326 e. The summed E-state index contributed by atoms with van der Waals surface area (Å²) in [5.74, 6) is -1.79. The van der Waals surface area contributed by atoms with Gasteiger partial charge in [0, 0.05) is 18.5 Å². The van der Waals surface area contributed by atoms with Crippen molar-refractivity contribution >= 4 is 17.4 Å². The number of unbranched alkanes of at least 4 members (excludes halogenated alkanes) is 3. The number of ketones is 1. The van der Waals surface area contributed by atoms with Crippen molar-refractivity contribution in [3.05, 3.63) is 29.3 Å². The van der Waals surface area contributed by atoms with E-state index >= 15 is 0 Å². The van der Waals surface area contributed by atoms with E-state index in [0.717, 1.165) is 16.8 Å². The number of benzene rings is 1. The largest absolute Gasteiger partial charge is 0.449 e. The Kier molecular flexibility index (Phi) is 7.26. The molecule has 0 aliphatic heterocycles. The standard InChI is InChI=1S/C17H22F3NO2/c1-12-9-10-14(11-13(12)2)21-16(23)8-6-4-3-5-7-15(22)17(18,19)20/h9-11H,3-8H2,1-2H3,(H,21,23). The number of Topliss-reactive ketones (excluding diaryl/α,β-unsaturated/α-hetero) is 1. The Labute approximate surface area is 134 Å². The second-order valence-electron chi connectivity index (χ2n) is 5.68. The average Bonchev–Trinajstić information content (AvgIpc) is 2.45. The van der Waals surface area contributed by atoms with Crippen molar-refractivity contribution in [1.29, 1.82) is 0 Å². The first-order chi connectivity index (χ1) is 10.7. The highest BCUT2D eigenvalue weighted by molar-refractivity contribution is 5.90. The minimum absolute atomic E-state index is 0.111. The number of halogens is 3. The second kappa shape index (κ2) is 8.70. The molecule has 3 nitrogen and oxygen atoms in total. The first kappa shape index (κ1) is 19.2. The summed E-state index contributed by atoms with van der Waals surface area (Å²) in [7, 11) is 0. The molecule has 23 heavy (non-hydrogen) atoms. The quantitative estimate of drug-likeness (QED) is 0.702. The van der Waals surface area contributed by atoms with Crippen LogP contribution in [0.4, 0.5) is 18.9 Å². The van der Waals surface area contributed by atoms with E-state index in [9.17, 15) is 22.8 Å². The number of carbonyl (C=O) groups excluding carboxylic acids is 2. The topological polar surface area (TPSA) is 46.2 Å². The zero-order chi connectivity index (χ0) is 17.5. The van der Waals surface area contributed by atoms with Crippen LogP contribution in [0.1, 0.15) is 49.7 Å². The van der Waals surface area contributed by atoms with Gasteiger partial charge in [-0.05, 0) is 49.9 Å². The predicted octanol–water partition coefficient (Wildman–Crippen LogP) is 4.71. The number of aryl methyl sites for hydroxylation is 2. The van der Waals surface area contributed by atoms with E-state index in [4.69, 9.17) is 0 Å². The Morgan fingerprint density at radius 2 is 1.57 bits per heavy atom. The van der Waals surface area contributed by atoms with E-state index in [0.29, 0.717) is 25.7 Å². The molecule has 6 heteroatoms. The maximum absolute atomic E-state index is 12.0. The highest BCUT2D eigenvalue weighted by Crippen LogP contribution is 2.20. The highest BCUT2D eigenvalue weighted by atomic mass is 19.4. The number of carbonyl (C=O) groups is 2. The van der Waals surface area contributed by atoms with E-state index in [2.05, 4.69) is 5.32 Å². The molecule has 0 bridgehead atoms. The van der Waals surface area contributed by atoms with E-state index < -0.39 is 18.4 Å². The summed E-state index contributed by atoms with van der Waals surface area (Å²) in [6, 6.07) is 5.67. The number of hydrogen-bond donors (Lipinski definition) is 1. The fraction of sp³-hybridized carbons (Fsp3) is 0.529. The molecule has 0 saturated heterocycles. The van der Waals surface area contributed by atoms with Crippen molar-refractivity contribution in [2.45, 2.75) is 58.5 Å². The van der Waals surface area contributed by atoms with Crippen molar-refractivity contribution in [2.75, 3.05) is 5.32 Å². The summed E-state index contributed by atoms with van der Waals surface area (Å²) >= 11 is 0. The van der Waals surface area contributed by atoms with E-state index in [-0.39, 0.29) is 12.3 Å². The highest BCUT2D eigenvalue weighted by Gasteiger charge is 2.36. The van der Waals surface area contributed by atoms with Crippen molar-refractivity contribution in [2.24, 2.45) is 0 Å². The molecule has 0 heterocycles. The van der Waals surface area contributed by atoms with Gasteiger partial charge in [-0.1, -0.05) is 18.9 Å². The third-order valence-corrected chi connectivity index (χ3v) is 3.66. The molecule has 1 N–H and O–H groups in total. The number of amides is 1. The average molecular weight is 329 g/mol. The number of rotatable bonds is 8. The fourth-order valence-electron chi connectivity index (χ4n) is 2.11. The van der Waals surface area contributed by atoms with Crippen LogP contribution in [0.5, 0.6) is 0 Å². The lowest BCUT2D eigenvalue weighted by Gasteiger charge is -2.08. The lowest BCUT2D eigenvalue weighted by Crippen LogP contribution is -2.22. The molecule has 0 spiro atoms. The Hall–Kier alpha value is -1.85. The molecule has 1 rings (SSSR count). The third kappa shape index (κ3) is 7.30. The molecule has 128 valence electrons. The molecule has 0 aliphatic rings. The number of anilines is 1. The summed E-state index contributed by atoms with van der Waals surface area (Å²) in [5.41, 5.74) is 2.99. The molecule has 0 saturated carbocycles. The van der Waals surface area contributed by atoms with Crippen LogP contribution in [0.2, 0.25) is 0 Å². The molecule has 1 aromatic rings. The van der Waals surface area contributed by atoms with Gasteiger partial charge in [0.05, 0.1) is 0 Å². The fourth-order valence-corrected chi connectivity index (χ4v) is 2.11. The van der Waals surface area contributed by atoms with Crippen LogP contribution >= 0.6 is 0 Å². The molecule has 0 radical (unpaired) electrons. The van der Waals surface area contributed by atoms with Gasteiger partial charge in [-0.3, -0.25) is 9.59 Å². The monoisotopic (exact) mass is 329 g/mol. The van der Waals surface area contributed by atoms with E-state index in [1.54, 1.807) is 0 Å². The molecular weight excluding hydrogens is 307 g/mol. The first-order valence-corrected chi connectivity index (χ1v) is 7.67. The maximum Gasteiger partial charge on any atom is 0.449 e. The Bertz CT molecular complexity index is 553. The minimum atomic E-state index is -4.73. The van der Waals surface area contributed by atoms with Crippen LogP contribution < -0.4 is 5.32 Å². The van der Waals surface area contributed by atoms with Gasteiger partial charge in [0.1, 0.15) is 0 Å². The van der Waals surface area contributed by atoms with Crippen LogP contribution in [0.3, 0.4) is 0 Å². The number of alkyl halides is 3. The molecule has 1 aromatic carbocycles. The van der Waals surface area contributed by atoms with Gasteiger partial charge < -0.3 is 5.32 Å². The second-order valence-corrected chi connectivity index (χ2v) is 5.68. The van der Waals surface area contributed by atoms with Crippen molar-refractivity contribution in [3.63, 3.8) is 0 Å². The van der Waals surface area contributed by atoms with Gasteiger partial charge in [0.15, 0.2) is 0 Å². The van der Waals surface area contributed by atoms with Crippen molar-refractivity contribution < 1.29 is 22.8 Å². The zero-order valence-corrected chi connectivity index (χ0v) is 13.4. The number of hydrogen-bond acceptors (Lipinski definition) is 2. The van der Waals surface area contributed by atoms with Gasteiger partial charge in [-0.25, -0.2) is 0 Å². The zero-order valence-electron chi connectivity index (χ0n) is 13.4. The lowest BCUT2D eigenvalue weighted by atomic mass is 10.1. The molecule has 0 unspecified atom stereocenters. The molecular formula is C17H22F3NO2. The maximum atomic E-state index is 12.0. The molecule has 0 aromatic heterocycles. The normalized spacial score (nSPS) is 11.3. The Morgan fingerprint density at radius 1 is 0.957 bits per heavy atom. The summed E-state index contributed by atoms with van der Waals surface area (Å²) in [6.07, 6.45) is -2.94. The van der Waals surface area contributed by atoms with Gasteiger partial charge in [-0.15, -0.1) is 0 Å². The van der Waals surface area contributed by atoms with E-state index in [1.165, 1.54) is 0 Å². The van der Waals surface area contributed by atoms with Gasteiger partial charge in [0.2, 0.25) is 11.7 Å². The van der Waals surface area contributed by atoms with Crippen LogP contribution in [0.25, 0.3) is 0 Å². The molecule has 0 aliphatic carbocycles. The SMILES string of the molecule is Cc1ccc(NC(=O)CCCCCCC(=O)C(F)(F)F)cc1C. The Morgan fingerprint density at radius 3 is 2.13 bits per heavy atom. The van der Waals surface area contributed by atoms with Crippen molar-refractivity contribution in [1.82, 2.24) is 0 Å². The summed E-state index contributed by atoms with van der Waals surface area (Å²) in [5, 5.41) is 2.80. The molecule has 1 amide bonds. The summed E-state index contributed by atoms with van der Waals surface area (Å²) in [6.45, 7) is 3.96. The summed E-state index contributed by atoms with van der Waals surface area (Å²) < 4.78 is 36.0.